The van der Waals surface area contributed by atoms with Gasteiger partial charge in [-0.1, -0.05) is 56.3 Å². The van der Waals surface area contributed by atoms with Crippen LogP contribution in [0.4, 0.5) is 0 Å². The Balaban J connectivity index is 1.49. The molecule has 0 saturated carbocycles. The van der Waals surface area contributed by atoms with Crippen molar-refractivity contribution in [3.8, 4) is 5.75 Å². The summed E-state index contributed by atoms with van der Waals surface area (Å²) in [6, 6.07) is 18.3. The van der Waals surface area contributed by atoms with Crippen LogP contribution in [0.3, 0.4) is 0 Å². The van der Waals surface area contributed by atoms with Crippen molar-refractivity contribution in [3.05, 3.63) is 65.7 Å². The minimum Gasteiger partial charge on any atom is -0.508 e. The van der Waals surface area contributed by atoms with E-state index in [4.69, 9.17) is 0 Å². The first-order valence-electron chi connectivity index (χ1n) is 13.4. The summed E-state index contributed by atoms with van der Waals surface area (Å²) in [5.74, 6) is 0.672. The topological polar surface area (TPSA) is 90.9 Å². The Morgan fingerprint density at radius 1 is 1.19 bits per heavy atom. The first-order valence-corrected chi connectivity index (χ1v) is 13.4. The van der Waals surface area contributed by atoms with Gasteiger partial charge in [0.25, 0.3) is 0 Å². The van der Waals surface area contributed by atoms with Gasteiger partial charge in [-0.25, -0.2) is 0 Å². The van der Waals surface area contributed by atoms with Crippen LogP contribution in [0.5, 0.6) is 5.75 Å². The van der Waals surface area contributed by atoms with Gasteiger partial charge in [0.2, 0.25) is 5.91 Å². The second-order valence-corrected chi connectivity index (χ2v) is 10.6. The molecule has 3 atom stereocenters. The minimum absolute atomic E-state index is 0.0642. The third-order valence-electron chi connectivity index (χ3n) is 7.91. The molecule has 1 heterocycles. The van der Waals surface area contributed by atoms with E-state index in [9.17, 15) is 14.7 Å². The number of methoxy groups -OCH3 is 1. The molecule has 3 N–H and O–H groups in total. The molecule has 0 aromatic heterocycles. The molecule has 0 radical (unpaired) electrons. The number of esters is 1. The normalized spacial score (nSPS) is 20.8. The lowest BCUT2D eigenvalue weighted by Crippen LogP contribution is -2.48. The number of piperidine rings is 1. The lowest BCUT2D eigenvalue weighted by atomic mass is 9.68. The molecule has 1 amide bonds. The first kappa shape index (κ1) is 28.7. The summed E-state index contributed by atoms with van der Waals surface area (Å²) < 4.78 is 4.55. The fraction of sp³-hybridized carbons (Fsp3) is 0.533. The number of ether oxygens (including phenoxy) is 1. The number of hydrogen-bond acceptors (Lipinski definition) is 6. The molecule has 1 aliphatic rings. The number of hydrogen-bond donors (Lipinski definition) is 3. The van der Waals surface area contributed by atoms with Crippen LogP contribution in [0.2, 0.25) is 0 Å². The standard InChI is InChI=1S/C30H43N3O4/c1-23-22-33(17-14-30(23,2)26-10-7-11-27(34)19-26)16-13-25(18-24-8-5-4-6-9-24)20-31-15-12-28(35)32-21-29(36)37-3/h4-11,19,23,25,31,34H,12-18,20-22H2,1-3H3,(H,32,35). The molecule has 202 valence electrons. The van der Waals surface area contributed by atoms with E-state index in [1.165, 1.54) is 18.2 Å². The number of rotatable bonds is 13. The maximum Gasteiger partial charge on any atom is 0.325 e. The molecule has 37 heavy (non-hydrogen) atoms. The Bertz CT molecular complexity index is 999. The van der Waals surface area contributed by atoms with Crippen LogP contribution in [0.15, 0.2) is 54.6 Å². The highest BCUT2D eigenvalue weighted by Gasteiger charge is 2.38. The number of nitrogens with zero attached hydrogens (tertiary/aromatic N) is 1. The van der Waals surface area contributed by atoms with Crippen LogP contribution < -0.4 is 10.6 Å². The van der Waals surface area contributed by atoms with Crippen molar-refractivity contribution in [1.29, 1.82) is 0 Å². The summed E-state index contributed by atoms with van der Waals surface area (Å²) in [4.78, 5) is 25.7. The number of carbonyl (C=O) groups is 2. The predicted molar refractivity (Wildman–Crippen MR) is 146 cm³/mol. The Morgan fingerprint density at radius 2 is 1.97 bits per heavy atom. The molecule has 1 saturated heterocycles. The van der Waals surface area contributed by atoms with Crippen molar-refractivity contribution >= 4 is 11.9 Å². The van der Waals surface area contributed by atoms with Crippen molar-refractivity contribution < 1.29 is 19.4 Å². The van der Waals surface area contributed by atoms with Crippen molar-refractivity contribution in [2.24, 2.45) is 11.8 Å². The monoisotopic (exact) mass is 509 g/mol. The summed E-state index contributed by atoms with van der Waals surface area (Å²) in [5.41, 5.74) is 2.62. The molecule has 2 aromatic carbocycles. The third-order valence-corrected chi connectivity index (χ3v) is 7.91. The van der Waals surface area contributed by atoms with Gasteiger partial charge in [-0.15, -0.1) is 0 Å². The molecule has 0 bridgehead atoms. The fourth-order valence-electron chi connectivity index (χ4n) is 5.24. The lowest BCUT2D eigenvalue weighted by molar-refractivity contribution is -0.141. The average molecular weight is 510 g/mol. The second-order valence-electron chi connectivity index (χ2n) is 10.6. The van der Waals surface area contributed by atoms with Gasteiger partial charge in [0, 0.05) is 19.5 Å². The smallest absolute Gasteiger partial charge is 0.325 e. The second kappa shape index (κ2) is 14.1. The van der Waals surface area contributed by atoms with Crippen LogP contribution in [0.25, 0.3) is 0 Å². The summed E-state index contributed by atoms with van der Waals surface area (Å²) >= 11 is 0. The number of aromatic hydroxyl groups is 1. The van der Waals surface area contributed by atoms with Crippen LogP contribution in [0, 0.1) is 11.8 Å². The SMILES string of the molecule is COC(=O)CNC(=O)CCNCC(CCN1CCC(C)(c2cccc(O)c2)C(C)C1)Cc1ccccc1. The van der Waals surface area contributed by atoms with E-state index in [2.05, 4.69) is 64.4 Å². The van der Waals surface area contributed by atoms with Crippen molar-refractivity contribution in [2.45, 2.75) is 44.9 Å². The molecule has 1 aliphatic heterocycles. The molecule has 3 unspecified atom stereocenters. The molecule has 3 rings (SSSR count). The van der Waals surface area contributed by atoms with Gasteiger partial charge < -0.3 is 25.4 Å². The van der Waals surface area contributed by atoms with Crippen molar-refractivity contribution in [1.82, 2.24) is 15.5 Å². The number of carbonyl (C=O) groups excluding carboxylic acids is 2. The quantitative estimate of drug-likeness (QED) is 0.283. The number of amides is 1. The molecular formula is C30H43N3O4. The Hall–Kier alpha value is -2.90. The molecule has 0 aliphatic carbocycles. The largest absolute Gasteiger partial charge is 0.508 e. The van der Waals surface area contributed by atoms with Crippen LogP contribution in [0.1, 0.15) is 44.2 Å². The number of likely N-dealkylation sites (tertiary alicyclic amines) is 1. The molecular weight excluding hydrogens is 466 g/mol. The van der Waals surface area contributed by atoms with Crippen LogP contribution in [-0.2, 0) is 26.2 Å². The molecule has 2 aromatic rings. The van der Waals surface area contributed by atoms with Gasteiger partial charge in [0.1, 0.15) is 12.3 Å². The van der Waals surface area contributed by atoms with Gasteiger partial charge in [0.05, 0.1) is 7.11 Å². The molecule has 7 heteroatoms. The maximum absolute atomic E-state index is 12.0. The van der Waals surface area contributed by atoms with Crippen molar-refractivity contribution in [3.63, 3.8) is 0 Å². The predicted octanol–water partition coefficient (Wildman–Crippen LogP) is 3.51. The van der Waals surface area contributed by atoms with Crippen molar-refractivity contribution in [2.75, 3.05) is 46.4 Å². The zero-order valence-electron chi connectivity index (χ0n) is 22.5. The Labute approximate surface area is 221 Å². The molecule has 1 fully saturated rings. The fourth-order valence-corrected chi connectivity index (χ4v) is 5.24. The van der Waals surface area contributed by atoms with Crippen LogP contribution in [-0.4, -0.2) is 68.3 Å². The first-order chi connectivity index (χ1) is 17.8. The number of benzene rings is 2. The van der Waals surface area contributed by atoms with Gasteiger partial charge in [-0.05, 0) is 79.4 Å². The highest BCUT2D eigenvalue weighted by molar-refractivity contribution is 5.81. The van der Waals surface area contributed by atoms with E-state index >= 15 is 0 Å². The summed E-state index contributed by atoms with van der Waals surface area (Å²) in [7, 11) is 1.31. The number of phenolic OH excluding ortho intramolecular Hbond substituents is 1. The Kier molecular flexibility index (Phi) is 11.0. The maximum atomic E-state index is 12.0. The van der Waals surface area contributed by atoms with Gasteiger partial charge in [0.15, 0.2) is 0 Å². The summed E-state index contributed by atoms with van der Waals surface area (Å²) in [6.45, 7) is 9.09. The highest BCUT2D eigenvalue weighted by atomic mass is 16.5. The number of phenols is 1. The van der Waals surface area contributed by atoms with E-state index < -0.39 is 5.97 Å². The Morgan fingerprint density at radius 3 is 2.68 bits per heavy atom. The van der Waals surface area contributed by atoms with E-state index in [1.807, 2.05) is 18.2 Å². The van der Waals surface area contributed by atoms with E-state index in [0.717, 1.165) is 45.4 Å². The lowest BCUT2D eigenvalue weighted by Gasteiger charge is -2.45. The average Bonchev–Trinajstić information content (AvgIpc) is 2.90. The van der Waals surface area contributed by atoms with E-state index in [0.29, 0.717) is 30.6 Å². The van der Waals surface area contributed by atoms with Crippen LogP contribution >= 0.6 is 0 Å². The summed E-state index contributed by atoms with van der Waals surface area (Å²) in [6.07, 6.45) is 3.46. The van der Waals surface area contributed by atoms with Gasteiger partial charge in [-0.3, -0.25) is 9.59 Å². The van der Waals surface area contributed by atoms with E-state index in [1.54, 1.807) is 6.07 Å². The molecule has 0 spiro atoms. The van der Waals surface area contributed by atoms with Gasteiger partial charge >= 0.3 is 5.97 Å². The van der Waals surface area contributed by atoms with E-state index in [-0.39, 0.29) is 17.9 Å². The zero-order chi connectivity index (χ0) is 26.7. The zero-order valence-corrected chi connectivity index (χ0v) is 22.5. The minimum atomic E-state index is -0.446. The molecule has 7 nitrogen and oxygen atoms in total. The van der Waals surface area contributed by atoms with Gasteiger partial charge in [-0.2, -0.15) is 0 Å². The summed E-state index contributed by atoms with van der Waals surface area (Å²) in [5, 5.41) is 16.0. The third kappa shape index (κ3) is 8.86. The highest BCUT2D eigenvalue weighted by Crippen LogP contribution is 2.40. The number of nitrogens with one attached hydrogen (secondary N) is 2.